The number of carboxylic acid groups (broad SMARTS) is 1. The van der Waals surface area contributed by atoms with Crippen LogP contribution in [0.2, 0.25) is 0 Å². The Bertz CT molecular complexity index is 934. The van der Waals surface area contributed by atoms with Crippen molar-refractivity contribution in [2.45, 2.75) is 6.92 Å². The molecule has 0 spiro atoms. The normalized spacial score (nSPS) is 10.3. The maximum absolute atomic E-state index is 12.7. The number of aromatic carboxylic acids is 1. The van der Waals surface area contributed by atoms with Gasteiger partial charge in [0.1, 0.15) is 5.56 Å². The van der Waals surface area contributed by atoms with E-state index < -0.39 is 5.97 Å². The Hall–Kier alpha value is -3.47. The molecule has 0 unspecified atom stereocenters. The Balaban J connectivity index is 1.96. The van der Waals surface area contributed by atoms with Crippen molar-refractivity contribution in [2.75, 3.05) is 5.32 Å². The number of benzene rings is 2. The van der Waals surface area contributed by atoms with E-state index in [2.05, 4.69) is 10.3 Å². The molecular weight excluding hydrogens is 316 g/mol. The van der Waals surface area contributed by atoms with Crippen molar-refractivity contribution in [3.8, 4) is 11.1 Å². The zero-order valence-corrected chi connectivity index (χ0v) is 13.6. The molecule has 3 aromatic rings. The van der Waals surface area contributed by atoms with E-state index in [0.29, 0.717) is 5.56 Å². The number of hydrogen-bond acceptors (Lipinski definition) is 3. The van der Waals surface area contributed by atoms with E-state index in [4.69, 9.17) is 0 Å². The first-order chi connectivity index (χ1) is 12.1. The molecule has 1 heterocycles. The lowest BCUT2D eigenvalue weighted by Crippen LogP contribution is -2.16. The molecule has 5 nitrogen and oxygen atoms in total. The van der Waals surface area contributed by atoms with Gasteiger partial charge in [0, 0.05) is 18.0 Å². The molecule has 25 heavy (non-hydrogen) atoms. The molecule has 0 saturated carbocycles. The van der Waals surface area contributed by atoms with Crippen LogP contribution in [-0.4, -0.2) is 22.0 Å². The quantitative estimate of drug-likeness (QED) is 0.756. The fourth-order valence-electron chi connectivity index (χ4n) is 2.53. The Kier molecular flexibility index (Phi) is 4.57. The first-order valence-corrected chi connectivity index (χ1v) is 7.71. The molecule has 2 aromatic carbocycles. The summed E-state index contributed by atoms with van der Waals surface area (Å²) in [5.74, 6) is -1.51. The van der Waals surface area contributed by atoms with E-state index in [-0.39, 0.29) is 17.2 Å². The van der Waals surface area contributed by atoms with Gasteiger partial charge in [-0.25, -0.2) is 4.79 Å². The monoisotopic (exact) mass is 332 g/mol. The Morgan fingerprint density at radius 2 is 1.68 bits per heavy atom. The van der Waals surface area contributed by atoms with Crippen molar-refractivity contribution >= 4 is 17.6 Å². The van der Waals surface area contributed by atoms with Gasteiger partial charge in [-0.3, -0.25) is 9.78 Å². The maximum Gasteiger partial charge on any atom is 0.339 e. The molecule has 2 N–H and O–H groups in total. The summed E-state index contributed by atoms with van der Waals surface area (Å²) in [7, 11) is 0. The largest absolute Gasteiger partial charge is 0.478 e. The lowest BCUT2D eigenvalue weighted by Gasteiger charge is -2.12. The van der Waals surface area contributed by atoms with E-state index >= 15 is 0 Å². The van der Waals surface area contributed by atoms with Gasteiger partial charge in [0.25, 0.3) is 5.91 Å². The predicted molar refractivity (Wildman–Crippen MR) is 95.8 cm³/mol. The summed E-state index contributed by atoms with van der Waals surface area (Å²) in [6.45, 7) is 2.00. The number of anilines is 1. The molecule has 1 aromatic heterocycles. The standard InChI is InChI=1S/C20H16N2O3/c1-13-6-8-14(9-7-13)15-4-2-3-5-16(15)19(23)22-18-10-11-21-12-17(18)20(24)25/h2-12H,1H3,(H,24,25)(H,21,22,23). The number of rotatable bonds is 4. The van der Waals surface area contributed by atoms with Crippen molar-refractivity contribution in [3.05, 3.63) is 83.7 Å². The van der Waals surface area contributed by atoms with Gasteiger partial charge in [-0.05, 0) is 30.2 Å². The molecular formula is C20H16N2O3. The van der Waals surface area contributed by atoms with Gasteiger partial charge in [-0.15, -0.1) is 0 Å². The van der Waals surface area contributed by atoms with Crippen molar-refractivity contribution in [1.29, 1.82) is 0 Å². The number of aromatic nitrogens is 1. The van der Waals surface area contributed by atoms with Gasteiger partial charge in [0.2, 0.25) is 0 Å². The summed E-state index contributed by atoms with van der Waals surface area (Å²) >= 11 is 0. The third kappa shape index (κ3) is 3.55. The molecule has 0 aliphatic carbocycles. The van der Waals surface area contributed by atoms with E-state index in [9.17, 15) is 14.7 Å². The molecule has 0 bridgehead atoms. The molecule has 1 amide bonds. The summed E-state index contributed by atoms with van der Waals surface area (Å²) in [5, 5.41) is 11.9. The van der Waals surface area contributed by atoms with Crippen LogP contribution in [0, 0.1) is 6.92 Å². The molecule has 0 saturated heterocycles. The zero-order chi connectivity index (χ0) is 17.8. The highest BCUT2D eigenvalue weighted by molar-refractivity contribution is 6.10. The van der Waals surface area contributed by atoms with Crippen LogP contribution in [0.4, 0.5) is 5.69 Å². The molecule has 0 fully saturated rings. The second kappa shape index (κ2) is 6.97. The van der Waals surface area contributed by atoms with E-state index in [1.54, 1.807) is 12.1 Å². The summed E-state index contributed by atoms with van der Waals surface area (Å²) in [5.41, 5.74) is 3.47. The minimum atomic E-state index is -1.14. The summed E-state index contributed by atoms with van der Waals surface area (Å²) in [4.78, 5) is 27.8. The van der Waals surface area contributed by atoms with Gasteiger partial charge < -0.3 is 10.4 Å². The van der Waals surface area contributed by atoms with Crippen LogP contribution < -0.4 is 5.32 Å². The smallest absolute Gasteiger partial charge is 0.339 e. The number of amides is 1. The summed E-state index contributed by atoms with van der Waals surface area (Å²) < 4.78 is 0. The number of hydrogen-bond donors (Lipinski definition) is 2. The second-order valence-electron chi connectivity index (χ2n) is 5.59. The van der Waals surface area contributed by atoms with Crippen LogP contribution in [0.15, 0.2) is 67.0 Å². The maximum atomic E-state index is 12.7. The lowest BCUT2D eigenvalue weighted by molar-refractivity contribution is 0.0697. The van der Waals surface area contributed by atoms with Crippen molar-refractivity contribution in [3.63, 3.8) is 0 Å². The van der Waals surface area contributed by atoms with Gasteiger partial charge in [-0.2, -0.15) is 0 Å². The fourth-order valence-corrected chi connectivity index (χ4v) is 2.53. The second-order valence-corrected chi connectivity index (χ2v) is 5.59. The first-order valence-electron chi connectivity index (χ1n) is 7.71. The minimum Gasteiger partial charge on any atom is -0.478 e. The lowest BCUT2D eigenvalue weighted by atomic mass is 9.98. The fraction of sp³-hybridized carbons (Fsp3) is 0.0500. The Labute approximate surface area is 145 Å². The van der Waals surface area contributed by atoms with Gasteiger partial charge in [-0.1, -0.05) is 48.0 Å². The van der Waals surface area contributed by atoms with E-state index in [1.165, 1.54) is 18.5 Å². The number of nitrogens with one attached hydrogen (secondary N) is 1. The van der Waals surface area contributed by atoms with Crippen LogP contribution in [-0.2, 0) is 0 Å². The average molecular weight is 332 g/mol. The van der Waals surface area contributed by atoms with Crippen LogP contribution >= 0.6 is 0 Å². The minimum absolute atomic E-state index is 0.0522. The first kappa shape index (κ1) is 16.4. The van der Waals surface area contributed by atoms with Gasteiger partial charge >= 0.3 is 5.97 Å². The van der Waals surface area contributed by atoms with Crippen LogP contribution in [0.5, 0.6) is 0 Å². The average Bonchev–Trinajstić information content (AvgIpc) is 2.62. The molecule has 3 rings (SSSR count). The van der Waals surface area contributed by atoms with Crippen molar-refractivity contribution < 1.29 is 14.7 Å². The molecule has 0 aliphatic heterocycles. The van der Waals surface area contributed by atoms with Crippen molar-refractivity contribution in [2.24, 2.45) is 0 Å². The number of carbonyl (C=O) groups excluding carboxylic acids is 1. The van der Waals surface area contributed by atoms with Crippen LogP contribution in [0.3, 0.4) is 0 Å². The predicted octanol–water partition coefficient (Wildman–Crippen LogP) is 4.01. The van der Waals surface area contributed by atoms with Crippen LogP contribution in [0.25, 0.3) is 11.1 Å². The van der Waals surface area contributed by atoms with Crippen LogP contribution in [0.1, 0.15) is 26.3 Å². The Morgan fingerprint density at radius 3 is 2.40 bits per heavy atom. The van der Waals surface area contributed by atoms with E-state index in [0.717, 1.165) is 16.7 Å². The van der Waals surface area contributed by atoms with Gasteiger partial charge in [0.05, 0.1) is 5.69 Å². The SMILES string of the molecule is Cc1ccc(-c2ccccc2C(=O)Nc2ccncc2C(=O)O)cc1. The third-order valence-electron chi connectivity index (χ3n) is 3.83. The molecule has 0 atom stereocenters. The number of aryl methyl sites for hydroxylation is 1. The third-order valence-corrected chi connectivity index (χ3v) is 3.83. The highest BCUT2D eigenvalue weighted by atomic mass is 16.4. The van der Waals surface area contributed by atoms with Gasteiger partial charge in [0.15, 0.2) is 0 Å². The number of carbonyl (C=O) groups is 2. The highest BCUT2D eigenvalue weighted by Crippen LogP contribution is 2.25. The molecule has 124 valence electrons. The number of pyridine rings is 1. The molecule has 0 aliphatic rings. The molecule has 0 radical (unpaired) electrons. The summed E-state index contributed by atoms with van der Waals surface area (Å²) in [6, 6.07) is 16.6. The highest BCUT2D eigenvalue weighted by Gasteiger charge is 2.16. The summed E-state index contributed by atoms with van der Waals surface area (Å²) in [6.07, 6.45) is 2.65. The van der Waals surface area contributed by atoms with Crippen molar-refractivity contribution in [1.82, 2.24) is 4.98 Å². The zero-order valence-electron chi connectivity index (χ0n) is 13.6. The molecule has 5 heteroatoms. The topological polar surface area (TPSA) is 79.3 Å². The number of nitrogens with zero attached hydrogens (tertiary/aromatic N) is 1. The van der Waals surface area contributed by atoms with E-state index in [1.807, 2.05) is 43.3 Å². The Morgan fingerprint density at radius 1 is 0.960 bits per heavy atom. The number of carboxylic acids is 1.